The van der Waals surface area contributed by atoms with Crippen LogP contribution in [-0.4, -0.2) is 24.1 Å². The molecule has 1 aromatic rings. The summed E-state index contributed by atoms with van der Waals surface area (Å²) in [5, 5.41) is 5.34. The van der Waals surface area contributed by atoms with Gasteiger partial charge in [0, 0.05) is 11.4 Å². The minimum Gasteiger partial charge on any atom is -0.450 e. The predicted molar refractivity (Wildman–Crippen MR) is 83.2 cm³/mol. The monoisotopic (exact) mass is 293 g/mol. The lowest BCUT2D eigenvalue weighted by Crippen LogP contribution is -2.48. The van der Waals surface area contributed by atoms with E-state index >= 15 is 0 Å². The molecule has 0 saturated carbocycles. The van der Waals surface area contributed by atoms with Gasteiger partial charge in [-0.05, 0) is 44.5 Å². The maximum Gasteiger partial charge on any atom is 0.411 e. The molecule has 0 spiro atoms. The molecule has 0 saturated heterocycles. The van der Waals surface area contributed by atoms with Crippen LogP contribution in [0.1, 0.15) is 33.6 Å². The zero-order valence-corrected chi connectivity index (χ0v) is 12.7. The fraction of sp³-hybridized carbons (Fsp3) is 0.467. The van der Waals surface area contributed by atoms with Gasteiger partial charge in [0.05, 0.1) is 12.1 Å². The van der Waals surface area contributed by atoms with E-state index < -0.39 is 11.6 Å². The lowest BCUT2D eigenvalue weighted by Gasteiger charge is -2.22. The molecule has 0 aliphatic heterocycles. The Morgan fingerprint density at radius 2 is 1.67 bits per heavy atom. The van der Waals surface area contributed by atoms with Crippen molar-refractivity contribution in [1.82, 2.24) is 0 Å². The lowest BCUT2D eigenvalue weighted by atomic mass is 9.96. The van der Waals surface area contributed by atoms with E-state index in [-0.39, 0.29) is 5.91 Å². The van der Waals surface area contributed by atoms with Crippen LogP contribution in [0.4, 0.5) is 16.2 Å². The zero-order chi connectivity index (χ0) is 15.9. The molecule has 0 aliphatic carbocycles. The largest absolute Gasteiger partial charge is 0.450 e. The van der Waals surface area contributed by atoms with E-state index in [0.717, 1.165) is 6.42 Å². The van der Waals surface area contributed by atoms with Crippen LogP contribution in [0.3, 0.4) is 0 Å². The average Bonchev–Trinajstić information content (AvgIpc) is 2.41. The highest BCUT2D eigenvalue weighted by atomic mass is 16.5. The summed E-state index contributed by atoms with van der Waals surface area (Å²) in [6.45, 7) is 5.74. The van der Waals surface area contributed by atoms with Crippen LogP contribution in [0.25, 0.3) is 0 Å². The smallest absolute Gasteiger partial charge is 0.411 e. The number of anilines is 2. The van der Waals surface area contributed by atoms with Gasteiger partial charge in [0.2, 0.25) is 5.91 Å². The first-order valence-electron chi connectivity index (χ1n) is 7.03. The van der Waals surface area contributed by atoms with Crippen LogP contribution in [0.15, 0.2) is 24.3 Å². The zero-order valence-electron chi connectivity index (χ0n) is 12.7. The first-order valence-corrected chi connectivity index (χ1v) is 7.03. The van der Waals surface area contributed by atoms with Crippen LogP contribution >= 0.6 is 0 Å². The van der Waals surface area contributed by atoms with Crippen LogP contribution in [0.2, 0.25) is 0 Å². The van der Waals surface area contributed by atoms with Gasteiger partial charge >= 0.3 is 6.09 Å². The second kappa shape index (κ2) is 7.64. The quantitative estimate of drug-likeness (QED) is 0.751. The van der Waals surface area contributed by atoms with Crippen molar-refractivity contribution in [3.63, 3.8) is 0 Å². The molecule has 6 heteroatoms. The third kappa shape index (κ3) is 5.43. The number of benzene rings is 1. The van der Waals surface area contributed by atoms with Crippen LogP contribution in [0, 0.1) is 0 Å². The van der Waals surface area contributed by atoms with Crippen molar-refractivity contribution in [2.75, 3.05) is 17.2 Å². The normalized spacial score (nSPS) is 13.1. The number of ether oxygens (including phenoxy) is 1. The van der Waals surface area contributed by atoms with Gasteiger partial charge in [-0.1, -0.05) is 13.3 Å². The molecule has 1 unspecified atom stereocenters. The number of hydrogen-bond acceptors (Lipinski definition) is 4. The summed E-state index contributed by atoms with van der Waals surface area (Å²) in [6.07, 6.45) is 0.941. The molecule has 1 aromatic carbocycles. The fourth-order valence-electron chi connectivity index (χ4n) is 1.83. The van der Waals surface area contributed by atoms with Crippen molar-refractivity contribution in [3.8, 4) is 0 Å². The molecule has 0 radical (unpaired) electrons. The lowest BCUT2D eigenvalue weighted by molar-refractivity contribution is -0.120. The predicted octanol–water partition coefficient (Wildman–Crippen LogP) is 2.71. The van der Waals surface area contributed by atoms with Crippen molar-refractivity contribution in [2.24, 2.45) is 5.73 Å². The van der Waals surface area contributed by atoms with Gasteiger partial charge in [-0.2, -0.15) is 0 Å². The first kappa shape index (κ1) is 17.0. The Bertz CT molecular complexity index is 483. The highest BCUT2D eigenvalue weighted by molar-refractivity contribution is 5.97. The van der Waals surface area contributed by atoms with E-state index in [0.29, 0.717) is 24.4 Å². The molecule has 1 atom stereocenters. The molecular formula is C15H23N3O3. The van der Waals surface area contributed by atoms with E-state index in [1.165, 1.54) is 0 Å². The maximum absolute atomic E-state index is 12.0. The topological polar surface area (TPSA) is 93.5 Å². The Balaban J connectivity index is 2.62. The second-order valence-electron chi connectivity index (χ2n) is 5.04. The summed E-state index contributed by atoms with van der Waals surface area (Å²) in [5.41, 5.74) is 6.29. The van der Waals surface area contributed by atoms with E-state index in [1.54, 1.807) is 38.1 Å². The van der Waals surface area contributed by atoms with Gasteiger partial charge in [-0.25, -0.2) is 4.79 Å². The maximum atomic E-state index is 12.0. The highest BCUT2D eigenvalue weighted by Crippen LogP contribution is 2.16. The second-order valence-corrected chi connectivity index (χ2v) is 5.04. The van der Waals surface area contributed by atoms with Gasteiger partial charge in [-0.3, -0.25) is 10.1 Å². The Labute approximate surface area is 125 Å². The van der Waals surface area contributed by atoms with E-state index in [2.05, 4.69) is 10.6 Å². The molecule has 21 heavy (non-hydrogen) atoms. The number of carbonyl (C=O) groups is 2. The molecule has 6 nitrogen and oxygen atoms in total. The van der Waals surface area contributed by atoms with Gasteiger partial charge < -0.3 is 15.8 Å². The van der Waals surface area contributed by atoms with Crippen molar-refractivity contribution >= 4 is 23.4 Å². The standard InChI is InChI=1S/C15H23N3O3/c1-4-10-15(3,16)13(19)17-11-6-8-12(9-7-11)18-14(20)21-5-2/h6-9H,4-5,10,16H2,1-3H3,(H,17,19)(H,18,20). The van der Waals surface area contributed by atoms with Gasteiger partial charge in [0.15, 0.2) is 0 Å². The highest BCUT2D eigenvalue weighted by Gasteiger charge is 2.27. The van der Waals surface area contributed by atoms with Crippen molar-refractivity contribution < 1.29 is 14.3 Å². The molecule has 0 heterocycles. The third-order valence-electron chi connectivity index (χ3n) is 2.95. The molecule has 4 N–H and O–H groups in total. The van der Waals surface area contributed by atoms with Crippen molar-refractivity contribution in [3.05, 3.63) is 24.3 Å². The van der Waals surface area contributed by atoms with Crippen LogP contribution in [0.5, 0.6) is 0 Å². The number of nitrogens with two attached hydrogens (primary N) is 1. The van der Waals surface area contributed by atoms with E-state index in [9.17, 15) is 9.59 Å². The Morgan fingerprint density at radius 3 is 2.14 bits per heavy atom. The molecule has 0 aromatic heterocycles. The number of hydrogen-bond donors (Lipinski definition) is 3. The fourth-order valence-corrected chi connectivity index (χ4v) is 1.83. The molecule has 2 amide bonds. The van der Waals surface area contributed by atoms with Crippen molar-refractivity contribution in [2.45, 2.75) is 39.2 Å². The molecule has 1 rings (SSSR count). The third-order valence-corrected chi connectivity index (χ3v) is 2.95. The first-order chi connectivity index (χ1) is 9.89. The number of amides is 2. The van der Waals surface area contributed by atoms with Gasteiger partial charge in [-0.15, -0.1) is 0 Å². The molecule has 116 valence electrons. The summed E-state index contributed by atoms with van der Waals surface area (Å²) in [4.78, 5) is 23.3. The summed E-state index contributed by atoms with van der Waals surface area (Å²) >= 11 is 0. The van der Waals surface area contributed by atoms with E-state index in [1.807, 2.05) is 6.92 Å². The SMILES string of the molecule is CCCC(C)(N)C(=O)Nc1ccc(NC(=O)OCC)cc1. The summed E-state index contributed by atoms with van der Waals surface area (Å²) in [6, 6.07) is 6.75. The molecule has 0 bridgehead atoms. The molecule has 0 fully saturated rings. The van der Waals surface area contributed by atoms with Crippen LogP contribution < -0.4 is 16.4 Å². The Kier molecular flexibility index (Phi) is 6.17. The van der Waals surface area contributed by atoms with Gasteiger partial charge in [0.25, 0.3) is 0 Å². The number of rotatable bonds is 6. The summed E-state index contributed by atoms with van der Waals surface area (Å²) < 4.78 is 4.78. The van der Waals surface area contributed by atoms with Gasteiger partial charge in [0.1, 0.15) is 0 Å². The summed E-state index contributed by atoms with van der Waals surface area (Å²) in [5.74, 6) is -0.226. The van der Waals surface area contributed by atoms with Crippen molar-refractivity contribution in [1.29, 1.82) is 0 Å². The Morgan fingerprint density at radius 1 is 1.14 bits per heavy atom. The number of carbonyl (C=O) groups excluding carboxylic acids is 2. The minimum absolute atomic E-state index is 0.226. The van der Waals surface area contributed by atoms with E-state index in [4.69, 9.17) is 10.5 Å². The average molecular weight is 293 g/mol. The summed E-state index contributed by atoms with van der Waals surface area (Å²) in [7, 11) is 0. The van der Waals surface area contributed by atoms with Crippen LogP contribution in [-0.2, 0) is 9.53 Å². The molecular weight excluding hydrogens is 270 g/mol. The minimum atomic E-state index is -0.892. The number of nitrogens with one attached hydrogen (secondary N) is 2. The molecule has 0 aliphatic rings. The Hall–Kier alpha value is -2.08.